The topological polar surface area (TPSA) is 160 Å². The Balaban J connectivity index is 1.47. The number of nitrogens with one attached hydrogen (secondary N) is 3. The van der Waals surface area contributed by atoms with Crippen molar-refractivity contribution in [1.82, 2.24) is 10.6 Å². The number of anilines is 1. The van der Waals surface area contributed by atoms with Crippen LogP contribution in [-0.4, -0.2) is 53.3 Å². The summed E-state index contributed by atoms with van der Waals surface area (Å²) in [5.41, 5.74) is 0.151. The van der Waals surface area contributed by atoms with Gasteiger partial charge in [-0.3, -0.25) is 24.0 Å². The first-order valence-electron chi connectivity index (χ1n) is 15.4. The lowest BCUT2D eigenvalue weighted by Crippen LogP contribution is -2.54. The molecule has 0 aromatic heterocycles. The van der Waals surface area contributed by atoms with Crippen LogP contribution in [0.2, 0.25) is 0 Å². The van der Waals surface area contributed by atoms with Gasteiger partial charge in [0.05, 0.1) is 12.1 Å². The molecule has 0 heterocycles. The number of ether oxygens (including phenoxy) is 2. The van der Waals surface area contributed by atoms with Gasteiger partial charge < -0.3 is 30.5 Å². The van der Waals surface area contributed by atoms with E-state index in [0.29, 0.717) is 18.6 Å². The lowest BCUT2D eigenvalue weighted by Gasteiger charge is -2.27. The zero-order valence-electron chi connectivity index (χ0n) is 26.0. The van der Waals surface area contributed by atoms with Crippen LogP contribution in [0.15, 0.2) is 60.7 Å². The van der Waals surface area contributed by atoms with Crippen LogP contribution in [0.25, 0.3) is 0 Å². The largest absolute Gasteiger partial charge is 0.481 e. The molecule has 1 fully saturated rings. The number of carbonyl (C=O) groups excluding carboxylic acids is 4. The van der Waals surface area contributed by atoms with Gasteiger partial charge in [-0.2, -0.15) is 8.78 Å². The number of carboxylic acids is 1. The Kier molecular flexibility index (Phi) is 12.7. The van der Waals surface area contributed by atoms with E-state index < -0.39 is 83.6 Å². The summed E-state index contributed by atoms with van der Waals surface area (Å²) in [6.07, 6.45) is 3.14. The summed E-state index contributed by atoms with van der Waals surface area (Å²) in [5, 5.41) is 16.4. The molecule has 260 valence electrons. The molecule has 3 aromatic rings. The van der Waals surface area contributed by atoms with Crippen molar-refractivity contribution in [3.05, 3.63) is 83.9 Å². The lowest BCUT2D eigenvalue weighted by molar-refractivity contribution is -0.141. The summed E-state index contributed by atoms with van der Waals surface area (Å²) in [7, 11) is 0. The Morgan fingerprint density at radius 3 is 2.08 bits per heavy atom. The first kappa shape index (κ1) is 36.4. The zero-order valence-corrected chi connectivity index (χ0v) is 26.0. The Morgan fingerprint density at radius 1 is 0.796 bits per heavy atom. The van der Waals surface area contributed by atoms with E-state index >= 15 is 0 Å². The normalized spacial score (nSPS) is 14.2. The number of benzene rings is 3. The fourth-order valence-corrected chi connectivity index (χ4v) is 5.28. The zero-order chi connectivity index (χ0) is 35.5. The number of hydrogen-bond acceptors (Lipinski definition) is 7. The lowest BCUT2D eigenvalue weighted by atomic mass is 9.84. The van der Waals surface area contributed by atoms with Crippen LogP contribution in [-0.2, 0) is 24.0 Å². The summed E-state index contributed by atoms with van der Waals surface area (Å²) in [6, 6.07) is 11.6. The van der Waals surface area contributed by atoms with Crippen LogP contribution in [0.5, 0.6) is 17.2 Å². The number of Topliss-reactive ketones (excluding diaryl/α,β-unsaturated/α-hetero) is 1. The third kappa shape index (κ3) is 10.3. The van der Waals surface area contributed by atoms with E-state index in [1.165, 1.54) is 6.07 Å². The molecule has 3 aromatic carbocycles. The average molecular weight is 688 g/mol. The van der Waals surface area contributed by atoms with Gasteiger partial charge in [0, 0.05) is 6.07 Å². The molecular formula is C34H33F4N3O8. The number of hydrogen-bond donors (Lipinski definition) is 4. The molecule has 3 amide bonds. The first-order valence-corrected chi connectivity index (χ1v) is 15.4. The Hall–Kier alpha value is -5.47. The molecule has 4 N–H and O–H groups in total. The highest BCUT2D eigenvalue weighted by Gasteiger charge is 2.33. The molecule has 2 unspecified atom stereocenters. The number of ketones is 1. The molecule has 1 aliphatic rings. The van der Waals surface area contributed by atoms with Crippen LogP contribution >= 0.6 is 0 Å². The van der Waals surface area contributed by atoms with Crippen molar-refractivity contribution in [2.75, 3.05) is 11.9 Å². The highest BCUT2D eigenvalue weighted by atomic mass is 19.2. The smallest absolute Gasteiger partial charge is 0.313 e. The standard InChI is InChI=1S/C34H33F4N3O8/c35-21-16-22(36)30(38)31(29(21)37)48-18-26(42)24(17-28(43)44)40-32(45)25(15-19-9-3-1-4-10-19)41-34(47)33(46)39-23-13-7-8-14-27(23)49-20-11-5-2-6-12-20/h2,5-8,11-14,16,19,24-25H,1,3-4,9-10,15,17-18H2,(H,39,46)(H,40,45)(H,41,47)(H,43,44). The highest BCUT2D eigenvalue weighted by molar-refractivity contribution is 6.40. The summed E-state index contributed by atoms with van der Waals surface area (Å²) < 4.78 is 65.7. The van der Waals surface area contributed by atoms with Gasteiger partial charge in [0.2, 0.25) is 17.5 Å². The minimum absolute atomic E-state index is 0.0437. The second kappa shape index (κ2) is 17.1. The Labute approximate surface area is 278 Å². The van der Waals surface area contributed by atoms with E-state index in [2.05, 4.69) is 20.7 Å². The van der Waals surface area contributed by atoms with Crippen LogP contribution in [0.1, 0.15) is 44.9 Å². The van der Waals surface area contributed by atoms with E-state index in [9.17, 15) is 46.6 Å². The van der Waals surface area contributed by atoms with Gasteiger partial charge in [-0.05, 0) is 36.6 Å². The fraction of sp³-hybridized carbons (Fsp3) is 0.324. The van der Waals surface area contributed by atoms with E-state index in [1.807, 2.05) is 0 Å². The Bertz CT molecular complexity index is 1660. The number of para-hydroxylation sites is 3. The first-order chi connectivity index (χ1) is 23.4. The average Bonchev–Trinajstić information content (AvgIpc) is 3.08. The second-order valence-electron chi connectivity index (χ2n) is 11.3. The minimum Gasteiger partial charge on any atom is -0.481 e. The molecule has 4 rings (SSSR count). The molecule has 2 atom stereocenters. The van der Waals surface area contributed by atoms with Crippen LogP contribution in [0.4, 0.5) is 23.2 Å². The summed E-state index contributed by atoms with van der Waals surface area (Å²) in [4.78, 5) is 64.0. The predicted molar refractivity (Wildman–Crippen MR) is 166 cm³/mol. The fourth-order valence-electron chi connectivity index (χ4n) is 5.28. The van der Waals surface area contributed by atoms with E-state index in [0.717, 1.165) is 19.3 Å². The van der Waals surface area contributed by atoms with Crippen LogP contribution < -0.4 is 25.4 Å². The molecule has 0 aliphatic heterocycles. The van der Waals surface area contributed by atoms with Crippen molar-refractivity contribution in [2.45, 2.75) is 57.0 Å². The van der Waals surface area contributed by atoms with Gasteiger partial charge in [-0.15, -0.1) is 0 Å². The van der Waals surface area contributed by atoms with Crippen molar-refractivity contribution >= 4 is 35.2 Å². The molecule has 0 spiro atoms. The molecule has 0 radical (unpaired) electrons. The third-order valence-corrected chi connectivity index (χ3v) is 7.74. The van der Waals surface area contributed by atoms with Crippen molar-refractivity contribution in [2.24, 2.45) is 5.92 Å². The third-order valence-electron chi connectivity index (χ3n) is 7.74. The van der Waals surface area contributed by atoms with Crippen molar-refractivity contribution in [1.29, 1.82) is 0 Å². The predicted octanol–water partition coefficient (Wildman–Crippen LogP) is 5.04. The van der Waals surface area contributed by atoms with E-state index in [1.54, 1.807) is 48.5 Å². The van der Waals surface area contributed by atoms with Gasteiger partial charge in [0.15, 0.2) is 28.9 Å². The van der Waals surface area contributed by atoms with Gasteiger partial charge in [-0.1, -0.05) is 62.4 Å². The van der Waals surface area contributed by atoms with E-state index in [-0.39, 0.29) is 29.8 Å². The Morgan fingerprint density at radius 2 is 1.43 bits per heavy atom. The SMILES string of the molecule is O=C(O)CC(NC(=O)C(CC1CCCCC1)NC(=O)C(=O)Nc1ccccc1Oc1ccccc1)C(=O)COc1c(F)c(F)cc(F)c1F. The summed E-state index contributed by atoms with van der Waals surface area (Å²) in [5.74, 6) is -14.5. The molecule has 49 heavy (non-hydrogen) atoms. The molecule has 0 bridgehead atoms. The number of rotatable bonds is 14. The second-order valence-corrected chi connectivity index (χ2v) is 11.3. The van der Waals surface area contributed by atoms with E-state index in [4.69, 9.17) is 4.74 Å². The molecule has 1 saturated carbocycles. The van der Waals surface area contributed by atoms with Gasteiger partial charge in [-0.25, -0.2) is 8.78 Å². The molecule has 15 heteroatoms. The van der Waals surface area contributed by atoms with Gasteiger partial charge in [0.25, 0.3) is 0 Å². The number of amides is 3. The van der Waals surface area contributed by atoms with Gasteiger partial charge >= 0.3 is 17.8 Å². The van der Waals surface area contributed by atoms with Crippen LogP contribution in [0, 0.1) is 29.2 Å². The molecular weight excluding hydrogens is 654 g/mol. The minimum atomic E-state index is -1.92. The number of carbonyl (C=O) groups is 5. The number of aliphatic carboxylic acids is 1. The number of halogens is 4. The number of carboxylic acid groups (broad SMARTS) is 1. The monoisotopic (exact) mass is 687 g/mol. The highest BCUT2D eigenvalue weighted by Crippen LogP contribution is 2.30. The van der Waals surface area contributed by atoms with Crippen molar-refractivity contribution in [3.8, 4) is 17.2 Å². The van der Waals surface area contributed by atoms with Crippen molar-refractivity contribution in [3.63, 3.8) is 0 Å². The van der Waals surface area contributed by atoms with Crippen molar-refractivity contribution < 1.29 is 56.1 Å². The van der Waals surface area contributed by atoms with Gasteiger partial charge in [0.1, 0.15) is 24.4 Å². The summed E-state index contributed by atoms with van der Waals surface area (Å²) in [6.45, 7) is -1.28. The maximum Gasteiger partial charge on any atom is 0.313 e. The molecule has 0 saturated heterocycles. The maximum atomic E-state index is 14.0. The van der Waals surface area contributed by atoms with Crippen LogP contribution in [0.3, 0.4) is 0 Å². The molecule has 11 nitrogen and oxygen atoms in total. The summed E-state index contributed by atoms with van der Waals surface area (Å²) >= 11 is 0. The molecule has 1 aliphatic carbocycles. The maximum absolute atomic E-state index is 14.0. The quantitative estimate of drug-likeness (QED) is 0.104.